The molecule has 0 fully saturated rings. The normalized spacial score (nSPS) is 15.4. The van der Waals surface area contributed by atoms with E-state index in [1.54, 1.807) is 18.2 Å². The molecule has 0 saturated heterocycles. The molecular formula is C36H34N2O5S. The van der Waals surface area contributed by atoms with Gasteiger partial charge in [0, 0.05) is 24.4 Å². The van der Waals surface area contributed by atoms with Gasteiger partial charge >= 0.3 is 5.97 Å². The number of nitrogens with one attached hydrogen (secondary N) is 1. The van der Waals surface area contributed by atoms with E-state index in [4.69, 9.17) is 10.00 Å². The number of rotatable bonds is 9. The second-order valence-electron chi connectivity index (χ2n) is 12.1. The van der Waals surface area contributed by atoms with Crippen LogP contribution in [0.2, 0.25) is 0 Å². The van der Waals surface area contributed by atoms with Gasteiger partial charge in [-0.25, -0.2) is 13.2 Å². The number of hydrogen-bond donors (Lipinski definition) is 2. The number of carbonyl (C=O) groups is 1. The van der Waals surface area contributed by atoms with Crippen LogP contribution in [0, 0.1) is 16.7 Å². The summed E-state index contributed by atoms with van der Waals surface area (Å²) in [4.78, 5) is 13.8. The molecule has 1 unspecified atom stereocenters. The van der Waals surface area contributed by atoms with Crippen molar-refractivity contribution in [3.8, 4) is 6.07 Å². The van der Waals surface area contributed by atoms with E-state index in [1.165, 1.54) is 24.3 Å². The lowest BCUT2D eigenvalue weighted by atomic mass is 9.71. The largest absolute Gasteiger partial charge is 0.507 e. The minimum Gasteiger partial charge on any atom is -0.507 e. The van der Waals surface area contributed by atoms with Gasteiger partial charge in [-0.2, -0.15) is 5.26 Å². The minimum absolute atomic E-state index is 0.0144. The third-order valence-electron chi connectivity index (χ3n) is 7.78. The van der Waals surface area contributed by atoms with Gasteiger partial charge in [0.2, 0.25) is 0 Å². The van der Waals surface area contributed by atoms with Crippen LogP contribution in [0.15, 0.2) is 125 Å². The molecule has 2 N–H and O–H groups in total. The van der Waals surface area contributed by atoms with E-state index in [2.05, 4.69) is 4.72 Å². The third-order valence-corrected chi connectivity index (χ3v) is 9.18. The average Bonchev–Trinajstić information content (AvgIpc) is 3.21. The first-order chi connectivity index (χ1) is 20.9. The number of cyclic esters (lactones) is 1. The molecule has 0 bridgehead atoms. The van der Waals surface area contributed by atoms with Crippen molar-refractivity contribution in [1.82, 2.24) is 0 Å². The molecular weight excluding hydrogens is 572 g/mol. The van der Waals surface area contributed by atoms with Crippen molar-refractivity contribution < 1.29 is 23.1 Å². The molecule has 0 aliphatic carbocycles. The minimum atomic E-state index is -3.96. The van der Waals surface area contributed by atoms with Crippen LogP contribution in [0.5, 0.6) is 0 Å². The highest BCUT2D eigenvalue weighted by Gasteiger charge is 2.52. The number of benzene rings is 4. The number of aliphatic hydroxyl groups excluding tert-OH is 1. The first-order valence-electron chi connectivity index (χ1n) is 14.3. The van der Waals surface area contributed by atoms with Crippen molar-refractivity contribution in [2.75, 3.05) is 4.72 Å². The van der Waals surface area contributed by atoms with Crippen LogP contribution in [0.25, 0.3) is 0 Å². The van der Waals surface area contributed by atoms with Gasteiger partial charge in [0.15, 0.2) is 5.60 Å². The van der Waals surface area contributed by atoms with Crippen LogP contribution in [0.4, 0.5) is 5.69 Å². The molecule has 0 saturated carbocycles. The predicted octanol–water partition coefficient (Wildman–Crippen LogP) is 7.08. The molecule has 44 heavy (non-hydrogen) atoms. The van der Waals surface area contributed by atoms with E-state index >= 15 is 0 Å². The number of nitriles is 1. The Labute approximate surface area is 258 Å². The number of esters is 1. The highest BCUT2D eigenvalue weighted by molar-refractivity contribution is 7.92. The molecule has 0 amide bonds. The maximum atomic E-state index is 13.8. The molecule has 1 atom stereocenters. The first-order valence-corrected chi connectivity index (χ1v) is 15.8. The van der Waals surface area contributed by atoms with E-state index in [0.717, 1.165) is 11.1 Å². The topological polar surface area (TPSA) is 116 Å². The van der Waals surface area contributed by atoms with Gasteiger partial charge in [-0.05, 0) is 58.5 Å². The lowest BCUT2D eigenvalue weighted by molar-refractivity contribution is -0.148. The highest BCUT2D eigenvalue weighted by Crippen LogP contribution is 2.49. The monoisotopic (exact) mass is 606 g/mol. The van der Waals surface area contributed by atoms with E-state index < -0.39 is 32.9 Å². The van der Waals surface area contributed by atoms with E-state index in [1.807, 2.05) is 93.6 Å². The number of carbonyl (C=O) groups excluding carboxylic acids is 1. The average molecular weight is 607 g/mol. The molecule has 7 nitrogen and oxygen atoms in total. The van der Waals surface area contributed by atoms with Gasteiger partial charge in [-0.3, -0.25) is 4.72 Å². The van der Waals surface area contributed by atoms with Gasteiger partial charge in [-0.1, -0.05) is 93.6 Å². The van der Waals surface area contributed by atoms with Crippen molar-refractivity contribution in [3.05, 3.63) is 143 Å². The van der Waals surface area contributed by atoms with Gasteiger partial charge in [0.25, 0.3) is 10.0 Å². The summed E-state index contributed by atoms with van der Waals surface area (Å²) in [5, 5.41) is 21.1. The Balaban J connectivity index is 1.57. The number of ether oxygens (including phenoxy) is 1. The van der Waals surface area contributed by atoms with Crippen molar-refractivity contribution in [1.29, 1.82) is 5.26 Å². The molecule has 4 aromatic carbocycles. The first kappa shape index (κ1) is 30.6. The van der Waals surface area contributed by atoms with Crippen molar-refractivity contribution in [3.63, 3.8) is 0 Å². The Hall–Kier alpha value is -4.87. The molecule has 1 aliphatic heterocycles. The number of aliphatic hydroxyl groups is 1. The van der Waals surface area contributed by atoms with Crippen LogP contribution in [-0.4, -0.2) is 25.1 Å². The lowest BCUT2D eigenvalue weighted by Crippen LogP contribution is -2.37. The van der Waals surface area contributed by atoms with Gasteiger partial charge < -0.3 is 9.84 Å². The molecule has 224 valence electrons. The number of sulfonamides is 1. The zero-order valence-corrected chi connectivity index (χ0v) is 25.6. The summed E-state index contributed by atoms with van der Waals surface area (Å²) in [6, 6.07) is 33.7. The number of anilines is 1. The zero-order chi connectivity index (χ0) is 31.5. The lowest BCUT2D eigenvalue weighted by Gasteiger charge is -2.32. The Bertz CT molecular complexity index is 1800. The fraction of sp³-hybridized carbons (Fsp3) is 0.222. The van der Waals surface area contributed by atoms with E-state index in [9.17, 15) is 18.3 Å². The summed E-state index contributed by atoms with van der Waals surface area (Å²) < 4.78 is 35.1. The Morgan fingerprint density at radius 2 is 1.43 bits per heavy atom. The second-order valence-corrected chi connectivity index (χ2v) is 13.8. The Kier molecular flexibility index (Phi) is 8.36. The summed E-state index contributed by atoms with van der Waals surface area (Å²) in [6.07, 6.45) is 0.566. The molecule has 1 heterocycles. The van der Waals surface area contributed by atoms with Gasteiger partial charge in [-0.15, -0.1) is 0 Å². The van der Waals surface area contributed by atoms with Gasteiger partial charge in [0.05, 0.1) is 22.1 Å². The Morgan fingerprint density at radius 3 is 1.95 bits per heavy atom. The highest BCUT2D eigenvalue weighted by atomic mass is 32.2. The molecule has 1 aliphatic rings. The predicted molar refractivity (Wildman–Crippen MR) is 169 cm³/mol. The molecule has 0 radical (unpaired) electrons. The van der Waals surface area contributed by atoms with Crippen molar-refractivity contribution in [2.24, 2.45) is 5.41 Å². The summed E-state index contributed by atoms with van der Waals surface area (Å²) in [7, 11) is -3.96. The molecule has 4 aromatic rings. The Morgan fingerprint density at radius 1 is 0.864 bits per heavy atom. The van der Waals surface area contributed by atoms with E-state index in [-0.39, 0.29) is 29.1 Å². The standard InChI is InChI=1S/C36H34N2O5S/c1-35(2,3)32(28-15-10-16-29(21-28)38-44(41,42)30-19-17-27(24-37)18-20-30)31-33(39)36(43-34(31)40,22-25-11-6-4-7-12-25)23-26-13-8-5-9-14-26/h4-21,32,38-39H,22-23H2,1-3H3. The summed E-state index contributed by atoms with van der Waals surface area (Å²) in [5.74, 6) is -1.33. The fourth-order valence-electron chi connectivity index (χ4n) is 5.83. The molecule has 0 spiro atoms. The summed E-state index contributed by atoms with van der Waals surface area (Å²) in [6.45, 7) is 5.90. The molecule has 0 aromatic heterocycles. The van der Waals surface area contributed by atoms with Crippen LogP contribution in [0.3, 0.4) is 0 Å². The van der Waals surface area contributed by atoms with Crippen LogP contribution < -0.4 is 4.72 Å². The second kappa shape index (κ2) is 12.0. The van der Waals surface area contributed by atoms with Crippen molar-refractivity contribution >= 4 is 21.7 Å². The number of nitrogens with zero attached hydrogens (tertiary/aromatic N) is 1. The van der Waals surface area contributed by atoms with Gasteiger partial charge in [0.1, 0.15) is 5.76 Å². The van der Waals surface area contributed by atoms with Crippen molar-refractivity contribution in [2.45, 2.75) is 50.0 Å². The smallest absolute Gasteiger partial charge is 0.339 e. The zero-order valence-electron chi connectivity index (χ0n) is 24.8. The maximum Gasteiger partial charge on any atom is 0.339 e. The maximum absolute atomic E-state index is 13.8. The van der Waals surface area contributed by atoms with Crippen LogP contribution in [-0.2, 0) is 32.4 Å². The molecule has 8 heteroatoms. The third kappa shape index (κ3) is 6.38. The summed E-state index contributed by atoms with van der Waals surface area (Å²) >= 11 is 0. The fourth-order valence-corrected chi connectivity index (χ4v) is 6.88. The van der Waals surface area contributed by atoms with Crippen LogP contribution in [0.1, 0.15) is 48.9 Å². The number of hydrogen-bond acceptors (Lipinski definition) is 6. The van der Waals surface area contributed by atoms with Crippen LogP contribution >= 0.6 is 0 Å². The quantitative estimate of drug-likeness (QED) is 0.197. The SMILES string of the molecule is CC(C)(C)C(C1=C(O)C(Cc2ccccc2)(Cc2ccccc2)OC1=O)c1cccc(NS(=O)(=O)c2ccc(C#N)cc2)c1. The molecule has 5 rings (SSSR count). The van der Waals surface area contributed by atoms with E-state index in [0.29, 0.717) is 16.8 Å². The summed E-state index contributed by atoms with van der Waals surface area (Å²) in [5.41, 5.74) is 1.41.